The number of aliphatic hydroxyl groups excluding tert-OH is 1. The third kappa shape index (κ3) is 3.68. The lowest BCUT2D eigenvalue weighted by molar-refractivity contribution is 0.0548. The van der Waals surface area contributed by atoms with E-state index in [2.05, 4.69) is 13.8 Å². The molecule has 1 rings (SSSR count). The lowest BCUT2D eigenvalue weighted by atomic mass is 9.78. The molecule has 0 spiro atoms. The maximum absolute atomic E-state index is 9.57. The smallest absolute Gasteiger partial charge is 0.0566 e. The molecule has 0 aromatic rings. The summed E-state index contributed by atoms with van der Waals surface area (Å²) >= 11 is 0. The van der Waals surface area contributed by atoms with E-state index in [1.165, 1.54) is 38.5 Å². The van der Waals surface area contributed by atoms with E-state index in [9.17, 15) is 5.11 Å². The first-order valence-electron chi connectivity index (χ1n) is 5.92. The van der Waals surface area contributed by atoms with Crippen LogP contribution >= 0.6 is 0 Å². The Hall–Kier alpha value is -0.0400. The van der Waals surface area contributed by atoms with Crippen molar-refractivity contribution in [2.24, 2.45) is 11.8 Å². The summed E-state index contributed by atoms with van der Waals surface area (Å²) in [6.07, 6.45) is 9.04. The zero-order valence-corrected chi connectivity index (χ0v) is 9.13. The van der Waals surface area contributed by atoms with Crippen LogP contribution in [-0.4, -0.2) is 11.2 Å². The summed E-state index contributed by atoms with van der Waals surface area (Å²) in [5.41, 5.74) is 0. The standard InChI is InChI=1S/C12H24O/c1-3-4-5-6-11-7-8-12(13)10(2)9-11/h10-13H,3-9H2,1-2H3. The van der Waals surface area contributed by atoms with Crippen LogP contribution in [-0.2, 0) is 0 Å². The lowest BCUT2D eigenvalue weighted by Crippen LogP contribution is -2.26. The van der Waals surface area contributed by atoms with Crippen molar-refractivity contribution in [3.8, 4) is 0 Å². The van der Waals surface area contributed by atoms with Gasteiger partial charge in [0.1, 0.15) is 0 Å². The predicted molar refractivity (Wildman–Crippen MR) is 56.7 cm³/mol. The van der Waals surface area contributed by atoms with Crippen LogP contribution in [0.4, 0.5) is 0 Å². The van der Waals surface area contributed by atoms with Gasteiger partial charge in [0.05, 0.1) is 6.10 Å². The Morgan fingerprint density at radius 3 is 2.62 bits per heavy atom. The van der Waals surface area contributed by atoms with Gasteiger partial charge in [-0.2, -0.15) is 0 Å². The van der Waals surface area contributed by atoms with Crippen molar-refractivity contribution in [1.29, 1.82) is 0 Å². The maximum atomic E-state index is 9.57. The molecule has 0 bridgehead atoms. The molecule has 78 valence electrons. The van der Waals surface area contributed by atoms with Crippen LogP contribution in [0.5, 0.6) is 0 Å². The van der Waals surface area contributed by atoms with E-state index >= 15 is 0 Å². The van der Waals surface area contributed by atoms with E-state index in [0.29, 0.717) is 5.92 Å². The van der Waals surface area contributed by atoms with Crippen LogP contribution < -0.4 is 0 Å². The molecule has 3 atom stereocenters. The minimum absolute atomic E-state index is 0.0116. The first-order chi connectivity index (χ1) is 6.24. The molecular weight excluding hydrogens is 160 g/mol. The highest BCUT2D eigenvalue weighted by atomic mass is 16.3. The van der Waals surface area contributed by atoms with Crippen molar-refractivity contribution in [2.45, 2.75) is 64.9 Å². The average Bonchev–Trinajstić information content (AvgIpc) is 2.12. The summed E-state index contributed by atoms with van der Waals surface area (Å²) in [5.74, 6) is 1.45. The first kappa shape index (κ1) is 11.0. The normalized spacial score (nSPS) is 34.8. The molecule has 0 amide bonds. The van der Waals surface area contributed by atoms with Gasteiger partial charge in [-0.25, -0.2) is 0 Å². The second-order valence-corrected chi connectivity index (χ2v) is 4.72. The van der Waals surface area contributed by atoms with E-state index in [-0.39, 0.29) is 6.10 Å². The molecule has 0 aromatic carbocycles. The van der Waals surface area contributed by atoms with E-state index in [4.69, 9.17) is 0 Å². The quantitative estimate of drug-likeness (QED) is 0.664. The van der Waals surface area contributed by atoms with Crippen molar-refractivity contribution < 1.29 is 5.11 Å². The van der Waals surface area contributed by atoms with Gasteiger partial charge in [-0.3, -0.25) is 0 Å². The molecule has 1 aliphatic rings. The topological polar surface area (TPSA) is 20.2 Å². The highest BCUT2D eigenvalue weighted by molar-refractivity contribution is 4.76. The second-order valence-electron chi connectivity index (χ2n) is 4.72. The molecule has 1 N–H and O–H groups in total. The minimum atomic E-state index is -0.0116. The molecule has 1 heteroatoms. The number of hydrogen-bond donors (Lipinski definition) is 1. The van der Waals surface area contributed by atoms with Crippen molar-refractivity contribution >= 4 is 0 Å². The number of hydrogen-bond acceptors (Lipinski definition) is 1. The molecule has 1 saturated carbocycles. The lowest BCUT2D eigenvalue weighted by Gasteiger charge is -2.31. The van der Waals surface area contributed by atoms with Crippen LogP contribution in [0, 0.1) is 11.8 Å². The van der Waals surface area contributed by atoms with Crippen molar-refractivity contribution in [3.63, 3.8) is 0 Å². The van der Waals surface area contributed by atoms with Crippen LogP contribution in [0.25, 0.3) is 0 Å². The van der Waals surface area contributed by atoms with E-state index in [0.717, 1.165) is 12.3 Å². The highest BCUT2D eigenvalue weighted by Gasteiger charge is 2.25. The summed E-state index contributed by atoms with van der Waals surface area (Å²) in [6.45, 7) is 4.45. The Kier molecular flexibility index (Phi) is 4.79. The van der Waals surface area contributed by atoms with Crippen LogP contribution in [0.1, 0.15) is 58.8 Å². The Bertz CT molecular complexity index is 133. The average molecular weight is 184 g/mol. The molecule has 3 unspecified atom stereocenters. The number of unbranched alkanes of at least 4 members (excludes halogenated alkanes) is 2. The van der Waals surface area contributed by atoms with Gasteiger partial charge >= 0.3 is 0 Å². The van der Waals surface area contributed by atoms with Gasteiger partial charge in [-0.05, 0) is 31.1 Å². The van der Waals surface area contributed by atoms with E-state index < -0.39 is 0 Å². The molecule has 1 aliphatic carbocycles. The minimum Gasteiger partial charge on any atom is -0.393 e. The number of aliphatic hydroxyl groups is 1. The molecule has 0 saturated heterocycles. The fraction of sp³-hybridized carbons (Fsp3) is 1.00. The SMILES string of the molecule is CCCCCC1CCC(O)C(C)C1. The molecule has 13 heavy (non-hydrogen) atoms. The highest BCUT2D eigenvalue weighted by Crippen LogP contribution is 2.32. The van der Waals surface area contributed by atoms with Crippen molar-refractivity contribution in [1.82, 2.24) is 0 Å². The van der Waals surface area contributed by atoms with Gasteiger partial charge in [0.2, 0.25) is 0 Å². The zero-order chi connectivity index (χ0) is 9.68. The zero-order valence-electron chi connectivity index (χ0n) is 9.13. The summed E-state index contributed by atoms with van der Waals surface area (Å²) in [4.78, 5) is 0. The second kappa shape index (κ2) is 5.64. The largest absolute Gasteiger partial charge is 0.393 e. The summed E-state index contributed by atoms with van der Waals surface area (Å²) in [7, 11) is 0. The Morgan fingerprint density at radius 2 is 2.00 bits per heavy atom. The van der Waals surface area contributed by atoms with E-state index in [1.807, 2.05) is 0 Å². The Balaban J connectivity index is 2.14. The van der Waals surface area contributed by atoms with Crippen molar-refractivity contribution in [3.05, 3.63) is 0 Å². The molecule has 1 nitrogen and oxygen atoms in total. The summed E-state index contributed by atoms with van der Waals surface area (Å²) < 4.78 is 0. The van der Waals surface area contributed by atoms with Gasteiger partial charge in [0.15, 0.2) is 0 Å². The first-order valence-corrected chi connectivity index (χ1v) is 5.92. The Morgan fingerprint density at radius 1 is 1.23 bits per heavy atom. The molecule has 0 aromatic heterocycles. The summed E-state index contributed by atoms with van der Waals surface area (Å²) in [6, 6.07) is 0. The van der Waals surface area contributed by atoms with E-state index in [1.54, 1.807) is 0 Å². The fourth-order valence-corrected chi connectivity index (χ4v) is 2.44. The monoisotopic (exact) mass is 184 g/mol. The molecule has 0 heterocycles. The van der Waals surface area contributed by atoms with Crippen LogP contribution in [0.15, 0.2) is 0 Å². The predicted octanol–water partition coefficient (Wildman–Crippen LogP) is 3.36. The van der Waals surface area contributed by atoms with Gasteiger partial charge in [0, 0.05) is 0 Å². The Labute approximate surface area is 82.5 Å². The van der Waals surface area contributed by atoms with Crippen molar-refractivity contribution in [2.75, 3.05) is 0 Å². The van der Waals surface area contributed by atoms with Gasteiger partial charge in [0.25, 0.3) is 0 Å². The fourth-order valence-electron chi connectivity index (χ4n) is 2.44. The third-order valence-electron chi connectivity index (χ3n) is 3.45. The maximum Gasteiger partial charge on any atom is 0.0566 e. The summed E-state index contributed by atoms with van der Waals surface area (Å²) in [5, 5.41) is 9.57. The molecule has 0 aliphatic heterocycles. The molecular formula is C12H24O. The van der Waals surface area contributed by atoms with Gasteiger partial charge in [-0.1, -0.05) is 39.5 Å². The van der Waals surface area contributed by atoms with Gasteiger partial charge in [-0.15, -0.1) is 0 Å². The molecule has 0 radical (unpaired) electrons. The molecule has 1 fully saturated rings. The number of rotatable bonds is 4. The van der Waals surface area contributed by atoms with Crippen LogP contribution in [0.2, 0.25) is 0 Å². The van der Waals surface area contributed by atoms with Crippen LogP contribution in [0.3, 0.4) is 0 Å². The third-order valence-corrected chi connectivity index (χ3v) is 3.45. The van der Waals surface area contributed by atoms with Gasteiger partial charge < -0.3 is 5.11 Å².